The Balaban J connectivity index is 1.50. The Bertz CT molecular complexity index is 418. The Hall–Kier alpha value is -1.38. The predicted molar refractivity (Wildman–Crippen MR) is 62.9 cm³/mol. The van der Waals surface area contributed by atoms with Gasteiger partial charge in [-0.05, 0) is 42.4 Å². The van der Waals surface area contributed by atoms with Gasteiger partial charge in [-0.25, -0.2) is 4.39 Å². The van der Waals surface area contributed by atoms with Crippen LogP contribution in [0, 0.1) is 17.7 Å². The molecular weight excluding hydrogens is 217 g/mol. The summed E-state index contributed by atoms with van der Waals surface area (Å²) in [6.45, 7) is 1.93. The van der Waals surface area contributed by atoms with Gasteiger partial charge in [0.15, 0.2) is 0 Å². The molecule has 3 rings (SSSR count). The topological polar surface area (TPSA) is 20.3 Å². The zero-order valence-electron chi connectivity index (χ0n) is 9.73. The molecule has 3 heteroatoms. The summed E-state index contributed by atoms with van der Waals surface area (Å²) >= 11 is 0. The van der Waals surface area contributed by atoms with E-state index in [0.29, 0.717) is 12.8 Å². The third kappa shape index (κ3) is 2.33. The Labute approximate surface area is 100 Å². The van der Waals surface area contributed by atoms with E-state index in [-0.39, 0.29) is 11.7 Å². The van der Waals surface area contributed by atoms with Gasteiger partial charge < -0.3 is 4.90 Å². The van der Waals surface area contributed by atoms with E-state index in [1.807, 2.05) is 4.90 Å². The van der Waals surface area contributed by atoms with Gasteiger partial charge in [-0.2, -0.15) is 0 Å². The average molecular weight is 233 g/mol. The SMILES string of the molecule is O=C(CCc1ccc(F)cc1)N1CC2CC2C1. The molecule has 90 valence electrons. The highest BCUT2D eigenvalue weighted by atomic mass is 19.1. The Morgan fingerprint density at radius 2 is 1.88 bits per heavy atom. The lowest BCUT2D eigenvalue weighted by molar-refractivity contribution is -0.130. The van der Waals surface area contributed by atoms with Crippen molar-refractivity contribution in [1.82, 2.24) is 4.90 Å². The normalized spacial score (nSPS) is 25.8. The van der Waals surface area contributed by atoms with E-state index in [2.05, 4.69) is 0 Å². The summed E-state index contributed by atoms with van der Waals surface area (Å²) in [6, 6.07) is 6.41. The van der Waals surface area contributed by atoms with Crippen molar-refractivity contribution in [1.29, 1.82) is 0 Å². The molecule has 0 spiro atoms. The second-order valence-electron chi connectivity index (χ2n) is 5.18. The number of hydrogen-bond donors (Lipinski definition) is 0. The van der Waals surface area contributed by atoms with Gasteiger partial charge in [0.2, 0.25) is 5.91 Å². The van der Waals surface area contributed by atoms with E-state index in [1.165, 1.54) is 18.6 Å². The van der Waals surface area contributed by atoms with Crippen molar-refractivity contribution in [3.05, 3.63) is 35.6 Å². The van der Waals surface area contributed by atoms with E-state index in [9.17, 15) is 9.18 Å². The molecule has 2 aliphatic rings. The molecule has 1 saturated carbocycles. The first kappa shape index (κ1) is 10.8. The lowest BCUT2D eigenvalue weighted by Crippen LogP contribution is -2.30. The Morgan fingerprint density at radius 3 is 2.53 bits per heavy atom. The number of hydrogen-bond acceptors (Lipinski definition) is 1. The van der Waals surface area contributed by atoms with Crippen molar-refractivity contribution in [2.24, 2.45) is 11.8 Å². The van der Waals surface area contributed by atoms with Crippen LogP contribution >= 0.6 is 0 Å². The van der Waals surface area contributed by atoms with Gasteiger partial charge in [0.05, 0.1) is 0 Å². The molecule has 1 amide bonds. The largest absolute Gasteiger partial charge is 0.342 e. The van der Waals surface area contributed by atoms with Crippen molar-refractivity contribution in [3.63, 3.8) is 0 Å². The van der Waals surface area contributed by atoms with E-state index in [0.717, 1.165) is 30.5 Å². The van der Waals surface area contributed by atoms with E-state index in [1.54, 1.807) is 12.1 Å². The maximum atomic E-state index is 12.7. The predicted octanol–water partition coefficient (Wildman–Crippen LogP) is 2.24. The smallest absolute Gasteiger partial charge is 0.222 e. The van der Waals surface area contributed by atoms with Gasteiger partial charge in [0.1, 0.15) is 5.82 Å². The molecule has 2 unspecified atom stereocenters. The summed E-state index contributed by atoms with van der Waals surface area (Å²) in [4.78, 5) is 13.9. The molecule has 2 fully saturated rings. The van der Waals surface area contributed by atoms with Crippen molar-refractivity contribution in [2.45, 2.75) is 19.3 Å². The average Bonchev–Trinajstić information content (AvgIpc) is 2.95. The van der Waals surface area contributed by atoms with Gasteiger partial charge in [0.25, 0.3) is 0 Å². The van der Waals surface area contributed by atoms with E-state index in [4.69, 9.17) is 0 Å². The lowest BCUT2D eigenvalue weighted by Gasteiger charge is -2.17. The van der Waals surface area contributed by atoms with E-state index >= 15 is 0 Å². The maximum absolute atomic E-state index is 12.7. The van der Waals surface area contributed by atoms with Gasteiger partial charge >= 0.3 is 0 Å². The van der Waals surface area contributed by atoms with Crippen molar-refractivity contribution in [2.75, 3.05) is 13.1 Å². The molecule has 0 N–H and O–H groups in total. The fraction of sp³-hybridized carbons (Fsp3) is 0.500. The molecule has 0 aromatic heterocycles. The number of nitrogens with zero attached hydrogens (tertiary/aromatic N) is 1. The summed E-state index contributed by atoms with van der Waals surface area (Å²) in [7, 11) is 0. The molecule has 1 saturated heterocycles. The molecular formula is C14H16FNO. The fourth-order valence-electron chi connectivity index (χ4n) is 2.66. The number of carbonyl (C=O) groups excluding carboxylic acids is 1. The number of benzene rings is 1. The first-order chi connectivity index (χ1) is 8.22. The second kappa shape index (κ2) is 4.13. The van der Waals surface area contributed by atoms with Crippen LogP contribution in [-0.2, 0) is 11.2 Å². The van der Waals surface area contributed by atoms with Gasteiger partial charge in [-0.1, -0.05) is 12.1 Å². The third-order valence-corrected chi connectivity index (χ3v) is 3.87. The molecule has 1 aliphatic carbocycles. The number of fused-ring (bicyclic) bond motifs is 1. The summed E-state index contributed by atoms with van der Waals surface area (Å²) in [5.41, 5.74) is 1.03. The summed E-state index contributed by atoms with van der Waals surface area (Å²) < 4.78 is 12.7. The zero-order chi connectivity index (χ0) is 11.8. The number of halogens is 1. The third-order valence-electron chi connectivity index (χ3n) is 3.87. The highest BCUT2D eigenvalue weighted by molar-refractivity contribution is 5.77. The van der Waals surface area contributed by atoms with Crippen LogP contribution in [0.3, 0.4) is 0 Å². The molecule has 1 aliphatic heterocycles. The van der Waals surface area contributed by atoms with Crippen molar-refractivity contribution < 1.29 is 9.18 Å². The zero-order valence-corrected chi connectivity index (χ0v) is 9.73. The first-order valence-corrected chi connectivity index (χ1v) is 6.24. The highest BCUT2D eigenvalue weighted by Gasteiger charge is 2.46. The van der Waals surface area contributed by atoms with Crippen molar-refractivity contribution in [3.8, 4) is 0 Å². The quantitative estimate of drug-likeness (QED) is 0.784. The van der Waals surface area contributed by atoms with Crippen LogP contribution in [0.5, 0.6) is 0 Å². The Kier molecular flexibility index (Phi) is 2.61. The molecule has 2 nitrogen and oxygen atoms in total. The minimum Gasteiger partial charge on any atom is -0.342 e. The molecule has 1 aromatic carbocycles. The first-order valence-electron chi connectivity index (χ1n) is 6.24. The minimum absolute atomic E-state index is 0.222. The highest BCUT2D eigenvalue weighted by Crippen LogP contribution is 2.44. The summed E-state index contributed by atoms with van der Waals surface area (Å²) in [5.74, 6) is 1.62. The van der Waals surface area contributed by atoms with Gasteiger partial charge in [-0.15, -0.1) is 0 Å². The van der Waals surface area contributed by atoms with Crippen molar-refractivity contribution >= 4 is 5.91 Å². The molecule has 1 heterocycles. The minimum atomic E-state index is -0.222. The number of amides is 1. The molecule has 0 radical (unpaired) electrons. The standard InChI is InChI=1S/C14H16FNO/c15-13-4-1-10(2-5-13)3-6-14(17)16-8-11-7-12(11)9-16/h1-2,4-5,11-12H,3,6-9H2. The molecule has 1 aromatic rings. The van der Waals surface area contributed by atoms with Crippen LogP contribution in [0.1, 0.15) is 18.4 Å². The lowest BCUT2D eigenvalue weighted by atomic mass is 10.1. The number of likely N-dealkylation sites (tertiary alicyclic amines) is 1. The summed E-state index contributed by atoms with van der Waals surface area (Å²) in [5, 5.41) is 0. The fourth-order valence-corrected chi connectivity index (χ4v) is 2.66. The van der Waals surface area contributed by atoms with Crippen LogP contribution in [0.25, 0.3) is 0 Å². The second-order valence-corrected chi connectivity index (χ2v) is 5.18. The van der Waals surface area contributed by atoms with Crippen LogP contribution < -0.4 is 0 Å². The monoisotopic (exact) mass is 233 g/mol. The molecule has 0 bridgehead atoms. The summed E-state index contributed by atoms with van der Waals surface area (Å²) in [6.07, 6.45) is 2.58. The van der Waals surface area contributed by atoms with E-state index < -0.39 is 0 Å². The van der Waals surface area contributed by atoms with Crippen LogP contribution in [-0.4, -0.2) is 23.9 Å². The number of piperidine rings is 1. The Morgan fingerprint density at radius 1 is 1.24 bits per heavy atom. The number of carbonyl (C=O) groups is 1. The van der Waals surface area contributed by atoms with Crippen LogP contribution in [0.2, 0.25) is 0 Å². The van der Waals surface area contributed by atoms with Crippen LogP contribution in [0.15, 0.2) is 24.3 Å². The van der Waals surface area contributed by atoms with Gasteiger partial charge in [-0.3, -0.25) is 4.79 Å². The molecule has 17 heavy (non-hydrogen) atoms. The van der Waals surface area contributed by atoms with Gasteiger partial charge in [0, 0.05) is 19.5 Å². The number of aryl methyl sites for hydroxylation is 1. The maximum Gasteiger partial charge on any atom is 0.222 e. The molecule has 2 atom stereocenters. The van der Waals surface area contributed by atoms with Crippen LogP contribution in [0.4, 0.5) is 4.39 Å². The number of rotatable bonds is 3.